The maximum atomic E-state index is 4.24. The second-order valence-electron chi connectivity index (χ2n) is 3.93. The van der Waals surface area contributed by atoms with Crippen molar-refractivity contribution in [3.63, 3.8) is 0 Å². The zero-order valence-corrected chi connectivity index (χ0v) is 10.7. The van der Waals surface area contributed by atoms with Crippen LogP contribution in [0.2, 0.25) is 0 Å². The molecule has 5 heteroatoms. The van der Waals surface area contributed by atoms with Crippen LogP contribution in [-0.4, -0.2) is 32.7 Å². The summed E-state index contributed by atoms with van der Waals surface area (Å²) in [5.74, 6) is 1.83. The standard InChI is InChI=1S/C10H13N5.C2H6/c1-8-6-11-10-12-7-13-15(10)9(8)14-4-2-3-5-14;1-2/h6-7H,2-5H2,1H3;1-2H3. The van der Waals surface area contributed by atoms with E-state index in [1.807, 2.05) is 24.6 Å². The minimum absolute atomic E-state index is 0.683. The lowest BCUT2D eigenvalue weighted by molar-refractivity contribution is 0.840. The summed E-state index contributed by atoms with van der Waals surface area (Å²) in [6.45, 7) is 8.29. The summed E-state index contributed by atoms with van der Waals surface area (Å²) < 4.78 is 1.83. The molecule has 3 heterocycles. The Morgan fingerprint density at radius 2 is 1.82 bits per heavy atom. The number of hydrogen-bond donors (Lipinski definition) is 0. The number of hydrogen-bond acceptors (Lipinski definition) is 4. The molecule has 2 aromatic heterocycles. The van der Waals surface area contributed by atoms with E-state index in [2.05, 4.69) is 26.9 Å². The molecule has 0 unspecified atom stereocenters. The third-order valence-corrected chi connectivity index (χ3v) is 2.86. The van der Waals surface area contributed by atoms with Gasteiger partial charge in [0.05, 0.1) is 0 Å². The highest BCUT2D eigenvalue weighted by Gasteiger charge is 2.18. The van der Waals surface area contributed by atoms with Gasteiger partial charge >= 0.3 is 0 Å². The second-order valence-corrected chi connectivity index (χ2v) is 3.93. The van der Waals surface area contributed by atoms with Gasteiger partial charge in [0.25, 0.3) is 5.78 Å². The minimum atomic E-state index is 0.683. The Kier molecular flexibility index (Phi) is 3.56. The lowest BCUT2D eigenvalue weighted by atomic mass is 10.3. The molecule has 0 saturated carbocycles. The van der Waals surface area contributed by atoms with E-state index in [1.165, 1.54) is 12.8 Å². The Morgan fingerprint density at radius 1 is 1.12 bits per heavy atom. The van der Waals surface area contributed by atoms with E-state index in [4.69, 9.17) is 0 Å². The van der Waals surface area contributed by atoms with Gasteiger partial charge in [-0.05, 0) is 19.8 Å². The summed E-state index contributed by atoms with van der Waals surface area (Å²) in [5, 5.41) is 4.23. The molecule has 1 saturated heterocycles. The van der Waals surface area contributed by atoms with Crippen LogP contribution in [0.1, 0.15) is 32.3 Å². The van der Waals surface area contributed by atoms with Crippen molar-refractivity contribution in [1.29, 1.82) is 0 Å². The van der Waals surface area contributed by atoms with Crippen molar-refractivity contribution < 1.29 is 0 Å². The van der Waals surface area contributed by atoms with E-state index < -0.39 is 0 Å². The van der Waals surface area contributed by atoms with Crippen molar-refractivity contribution in [3.8, 4) is 0 Å². The number of aromatic nitrogens is 4. The number of rotatable bonds is 1. The topological polar surface area (TPSA) is 46.3 Å². The Hall–Kier alpha value is -1.65. The molecule has 0 amide bonds. The van der Waals surface area contributed by atoms with Gasteiger partial charge in [0, 0.05) is 24.8 Å². The second kappa shape index (κ2) is 5.12. The van der Waals surface area contributed by atoms with E-state index in [-0.39, 0.29) is 0 Å². The van der Waals surface area contributed by atoms with Gasteiger partial charge in [-0.1, -0.05) is 13.8 Å². The highest BCUT2D eigenvalue weighted by Crippen LogP contribution is 2.23. The molecule has 5 nitrogen and oxygen atoms in total. The fourth-order valence-corrected chi connectivity index (χ4v) is 2.16. The van der Waals surface area contributed by atoms with Gasteiger partial charge in [0.15, 0.2) is 0 Å². The van der Waals surface area contributed by atoms with Crippen molar-refractivity contribution in [2.75, 3.05) is 18.0 Å². The third-order valence-electron chi connectivity index (χ3n) is 2.86. The van der Waals surface area contributed by atoms with Gasteiger partial charge in [-0.3, -0.25) is 0 Å². The van der Waals surface area contributed by atoms with Crippen LogP contribution in [0.5, 0.6) is 0 Å². The van der Waals surface area contributed by atoms with Crippen molar-refractivity contribution in [3.05, 3.63) is 18.1 Å². The molecule has 92 valence electrons. The smallest absolute Gasteiger partial charge is 0.254 e. The van der Waals surface area contributed by atoms with Gasteiger partial charge in [-0.2, -0.15) is 14.6 Å². The van der Waals surface area contributed by atoms with E-state index in [1.54, 1.807) is 6.33 Å². The predicted molar refractivity (Wildman–Crippen MR) is 68.3 cm³/mol. The quantitative estimate of drug-likeness (QED) is 0.756. The van der Waals surface area contributed by atoms with Gasteiger partial charge in [0.1, 0.15) is 12.1 Å². The zero-order chi connectivity index (χ0) is 12.3. The highest BCUT2D eigenvalue weighted by atomic mass is 15.4. The first-order chi connectivity index (χ1) is 8.36. The first-order valence-electron chi connectivity index (χ1n) is 6.26. The average molecular weight is 233 g/mol. The highest BCUT2D eigenvalue weighted by molar-refractivity contribution is 5.51. The van der Waals surface area contributed by atoms with Gasteiger partial charge in [-0.25, -0.2) is 4.98 Å². The van der Waals surface area contributed by atoms with Gasteiger partial charge in [-0.15, -0.1) is 0 Å². The summed E-state index contributed by atoms with van der Waals surface area (Å²) in [6.07, 6.45) is 5.95. The zero-order valence-electron chi connectivity index (χ0n) is 10.7. The SMILES string of the molecule is CC.Cc1cnc2ncnn2c1N1CCCC1. The molecule has 3 rings (SSSR count). The molecule has 1 fully saturated rings. The van der Waals surface area contributed by atoms with Crippen LogP contribution < -0.4 is 4.90 Å². The fourth-order valence-electron chi connectivity index (χ4n) is 2.16. The maximum absolute atomic E-state index is 4.24. The summed E-state index contributed by atoms with van der Waals surface area (Å²) in [5.41, 5.74) is 1.16. The van der Waals surface area contributed by atoms with Crippen LogP contribution in [0.25, 0.3) is 5.78 Å². The predicted octanol–water partition coefficient (Wildman–Crippen LogP) is 2.06. The van der Waals surface area contributed by atoms with E-state index >= 15 is 0 Å². The lowest BCUT2D eigenvalue weighted by Crippen LogP contribution is -2.22. The molecule has 0 aliphatic carbocycles. The molecular weight excluding hydrogens is 214 g/mol. The number of fused-ring (bicyclic) bond motifs is 1. The molecule has 2 aromatic rings. The first kappa shape index (κ1) is 11.8. The Balaban J connectivity index is 0.000000514. The van der Waals surface area contributed by atoms with Crippen molar-refractivity contribution in [2.24, 2.45) is 0 Å². The molecule has 0 spiro atoms. The number of anilines is 1. The third kappa shape index (κ3) is 2.09. The fraction of sp³-hybridized carbons (Fsp3) is 0.583. The van der Waals surface area contributed by atoms with Crippen molar-refractivity contribution >= 4 is 11.6 Å². The molecular formula is C12H19N5. The molecule has 1 aliphatic rings. The summed E-state index contributed by atoms with van der Waals surface area (Å²) in [7, 11) is 0. The normalized spacial score (nSPS) is 14.9. The molecule has 0 aromatic carbocycles. The average Bonchev–Trinajstić information content (AvgIpc) is 3.01. The molecule has 0 bridgehead atoms. The Bertz CT molecular complexity index is 485. The Labute approximate surface area is 101 Å². The number of aryl methyl sites for hydroxylation is 1. The van der Waals surface area contributed by atoms with E-state index in [0.29, 0.717) is 5.78 Å². The summed E-state index contributed by atoms with van der Waals surface area (Å²) in [4.78, 5) is 10.7. The van der Waals surface area contributed by atoms with Gasteiger partial charge in [0.2, 0.25) is 0 Å². The van der Waals surface area contributed by atoms with Crippen LogP contribution in [0, 0.1) is 6.92 Å². The Morgan fingerprint density at radius 3 is 2.53 bits per heavy atom. The van der Waals surface area contributed by atoms with Crippen molar-refractivity contribution in [1.82, 2.24) is 19.6 Å². The first-order valence-corrected chi connectivity index (χ1v) is 6.26. The molecule has 0 radical (unpaired) electrons. The van der Waals surface area contributed by atoms with E-state index in [9.17, 15) is 0 Å². The van der Waals surface area contributed by atoms with Gasteiger partial charge < -0.3 is 4.90 Å². The molecule has 1 aliphatic heterocycles. The minimum Gasteiger partial charge on any atom is -0.356 e. The monoisotopic (exact) mass is 233 g/mol. The summed E-state index contributed by atoms with van der Waals surface area (Å²) >= 11 is 0. The van der Waals surface area contributed by atoms with Crippen molar-refractivity contribution in [2.45, 2.75) is 33.6 Å². The van der Waals surface area contributed by atoms with Crippen LogP contribution in [-0.2, 0) is 0 Å². The van der Waals surface area contributed by atoms with E-state index in [0.717, 1.165) is 24.5 Å². The molecule has 17 heavy (non-hydrogen) atoms. The van der Waals surface area contributed by atoms with Crippen LogP contribution in [0.4, 0.5) is 5.82 Å². The van der Waals surface area contributed by atoms with Crippen LogP contribution in [0.15, 0.2) is 12.5 Å². The lowest BCUT2D eigenvalue weighted by Gasteiger charge is -2.19. The largest absolute Gasteiger partial charge is 0.356 e. The van der Waals surface area contributed by atoms with Crippen LogP contribution >= 0.6 is 0 Å². The number of nitrogens with zero attached hydrogens (tertiary/aromatic N) is 5. The molecule has 0 atom stereocenters. The van der Waals surface area contributed by atoms with Crippen LogP contribution in [0.3, 0.4) is 0 Å². The summed E-state index contributed by atoms with van der Waals surface area (Å²) in [6, 6.07) is 0. The maximum Gasteiger partial charge on any atom is 0.254 e. The molecule has 0 N–H and O–H groups in total.